The van der Waals surface area contributed by atoms with Gasteiger partial charge >= 0.3 is 5.69 Å². The summed E-state index contributed by atoms with van der Waals surface area (Å²) in [5, 5.41) is 7.86. The van der Waals surface area contributed by atoms with Crippen LogP contribution >= 0.6 is 23.2 Å². The van der Waals surface area contributed by atoms with Gasteiger partial charge < -0.3 is 24.4 Å². The molecule has 1 aliphatic rings. The number of fused-ring (bicyclic) bond motifs is 1. The lowest BCUT2D eigenvalue weighted by molar-refractivity contribution is 0.101. The second-order valence-corrected chi connectivity index (χ2v) is 12.2. The van der Waals surface area contributed by atoms with Crippen LogP contribution in [0.15, 0.2) is 65.6 Å². The van der Waals surface area contributed by atoms with E-state index in [0.717, 1.165) is 41.4 Å². The fourth-order valence-corrected chi connectivity index (χ4v) is 6.04. The average molecular weight is 696 g/mol. The highest BCUT2D eigenvalue weighted by molar-refractivity contribution is 6.35. The van der Waals surface area contributed by atoms with Crippen molar-refractivity contribution in [3.8, 4) is 28.7 Å². The number of rotatable bonds is 11. The fraction of sp³-hybridized carbons (Fsp3) is 0.294. The molecule has 6 rings (SSSR count). The number of piperidine rings is 1. The zero-order chi connectivity index (χ0) is 33.8. The third-order valence-electron chi connectivity index (χ3n) is 8.04. The Morgan fingerprint density at radius 1 is 0.979 bits per heavy atom. The van der Waals surface area contributed by atoms with Gasteiger partial charge in [-0.05, 0) is 74.8 Å². The van der Waals surface area contributed by atoms with Crippen molar-refractivity contribution in [3.05, 3.63) is 93.0 Å². The molecule has 0 radical (unpaired) electrons. The molecule has 3 heterocycles. The van der Waals surface area contributed by atoms with Crippen LogP contribution in [0.5, 0.6) is 23.0 Å². The number of ether oxygens (including phenoxy) is 3. The van der Waals surface area contributed by atoms with Crippen LogP contribution in [0.3, 0.4) is 0 Å². The maximum absolute atomic E-state index is 15.3. The van der Waals surface area contributed by atoms with E-state index in [0.29, 0.717) is 39.8 Å². The van der Waals surface area contributed by atoms with Crippen LogP contribution in [0.25, 0.3) is 16.6 Å². The first-order chi connectivity index (χ1) is 23.2. The Labute approximate surface area is 285 Å². The van der Waals surface area contributed by atoms with Crippen LogP contribution in [-0.4, -0.2) is 63.5 Å². The second kappa shape index (κ2) is 14.6. The molecule has 1 amide bonds. The number of likely N-dealkylation sites (tertiary alicyclic amines) is 1. The number of hydrogen-bond acceptors (Lipinski definition) is 8. The van der Waals surface area contributed by atoms with Crippen LogP contribution in [0.1, 0.15) is 36.3 Å². The van der Waals surface area contributed by atoms with Crippen molar-refractivity contribution in [1.29, 1.82) is 0 Å². The van der Waals surface area contributed by atoms with Crippen molar-refractivity contribution < 1.29 is 23.4 Å². The smallest absolute Gasteiger partial charge is 0.350 e. The van der Waals surface area contributed by atoms with E-state index in [2.05, 4.69) is 20.3 Å². The predicted octanol–water partition coefficient (Wildman–Crippen LogP) is 6.87. The maximum atomic E-state index is 15.3. The number of pyridine rings is 1. The average Bonchev–Trinajstić information content (AvgIpc) is 3.37. The maximum Gasteiger partial charge on any atom is 0.350 e. The largest absolute Gasteiger partial charge is 0.493 e. The van der Waals surface area contributed by atoms with E-state index in [4.69, 9.17) is 37.4 Å². The van der Waals surface area contributed by atoms with E-state index in [1.807, 2.05) is 0 Å². The van der Waals surface area contributed by atoms with Gasteiger partial charge in [-0.3, -0.25) is 14.3 Å². The van der Waals surface area contributed by atoms with Gasteiger partial charge in [0.15, 0.2) is 23.1 Å². The lowest BCUT2D eigenvalue weighted by Crippen LogP contribution is -2.31. The van der Waals surface area contributed by atoms with E-state index < -0.39 is 17.4 Å². The van der Waals surface area contributed by atoms with Gasteiger partial charge in [0, 0.05) is 48.0 Å². The molecule has 48 heavy (non-hydrogen) atoms. The number of nitrogens with zero attached hydrogens (tertiary/aromatic N) is 5. The zero-order valence-electron chi connectivity index (χ0n) is 26.3. The SMILES string of the molecule is COc1cc2c(Oc3ccc(NC(=O)c4nn(-c5ccc(Cl)cc5Cl)c(=O)n4C)cc3F)ccnc2cc1OCCCN1CCCCC1. The lowest BCUT2D eigenvalue weighted by atomic mass is 10.1. The number of nitrogens with one attached hydrogen (secondary N) is 1. The molecule has 1 N–H and O–H groups in total. The molecule has 0 atom stereocenters. The van der Waals surface area contributed by atoms with Gasteiger partial charge in [-0.2, -0.15) is 4.68 Å². The van der Waals surface area contributed by atoms with Crippen molar-refractivity contribution in [1.82, 2.24) is 24.2 Å². The van der Waals surface area contributed by atoms with Gasteiger partial charge in [0.2, 0.25) is 5.82 Å². The van der Waals surface area contributed by atoms with Gasteiger partial charge in [-0.1, -0.05) is 29.6 Å². The summed E-state index contributed by atoms with van der Waals surface area (Å²) in [6.45, 7) is 3.81. The number of benzene rings is 3. The first-order valence-electron chi connectivity index (χ1n) is 15.4. The molecule has 0 aliphatic carbocycles. The Hall–Kier alpha value is -4.65. The van der Waals surface area contributed by atoms with E-state index >= 15 is 4.39 Å². The van der Waals surface area contributed by atoms with E-state index in [1.54, 1.807) is 37.6 Å². The van der Waals surface area contributed by atoms with Crippen LogP contribution in [0.2, 0.25) is 10.0 Å². The summed E-state index contributed by atoms with van der Waals surface area (Å²) in [6.07, 6.45) is 6.26. The number of methoxy groups -OCH3 is 1. The molecule has 0 bridgehead atoms. The summed E-state index contributed by atoms with van der Waals surface area (Å²) < 4.78 is 35.0. The number of carbonyl (C=O) groups excluding carboxylic acids is 1. The van der Waals surface area contributed by atoms with Crippen LogP contribution in [-0.2, 0) is 7.05 Å². The Morgan fingerprint density at radius 2 is 1.79 bits per heavy atom. The van der Waals surface area contributed by atoms with Gasteiger partial charge in [-0.15, -0.1) is 5.10 Å². The number of aromatic nitrogens is 4. The van der Waals surface area contributed by atoms with E-state index in [9.17, 15) is 9.59 Å². The fourth-order valence-electron chi connectivity index (χ4n) is 5.55. The second-order valence-electron chi connectivity index (χ2n) is 11.3. The quantitative estimate of drug-likeness (QED) is 0.149. The molecule has 1 aliphatic heterocycles. The van der Waals surface area contributed by atoms with Crippen molar-refractivity contribution in [2.45, 2.75) is 25.7 Å². The van der Waals surface area contributed by atoms with Crippen molar-refractivity contribution in [2.24, 2.45) is 7.05 Å². The third kappa shape index (κ3) is 7.25. The molecule has 5 aromatic rings. The molecule has 0 saturated carbocycles. The first kappa shape index (κ1) is 33.3. The Kier molecular flexibility index (Phi) is 10.1. The molecule has 0 spiro atoms. The highest BCUT2D eigenvalue weighted by Gasteiger charge is 2.21. The summed E-state index contributed by atoms with van der Waals surface area (Å²) in [5.74, 6) is -0.327. The van der Waals surface area contributed by atoms with Crippen molar-refractivity contribution >= 4 is 45.7 Å². The van der Waals surface area contributed by atoms with Gasteiger partial charge in [0.05, 0.1) is 29.9 Å². The molecule has 3 aromatic carbocycles. The molecule has 2 aromatic heterocycles. The number of carbonyl (C=O) groups is 1. The number of hydrogen-bond donors (Lipinski definition) is 1. The summed E-state index contributed by atoms with van der Waals surface area (Å²) in [4.78, 5) is 32.8. The standard InChI is InChI=1S/C34H33Cl2FN6O5/c1-41-32(40-43(34(41)45)27-9-7-21(35)17-24(27)36)33(44)39-22-8-10-29(25(37)18-22)48-28-11-12-38-26-20-31(30(46-2)19-23(26)28)47-16-6-15-42-13-4-3-5-14-42/h7-12,17-20H,3-6,13-16H2,1-2H3,(H,39,44). The molecule has 11 nitrogen and oxygen atoms in total. The molecule has 1 saturated heterocycles. The summed E-state index contributed by atoms with van der Waals surface area (Å²) in [5.41, 5.74) is 0.363. The van der Waals surface area contributed by atoms with E-state index in [1.165, 1.54) is 50.6 Å². The molecule has 14 heteroatoms. The normalized spacial score (nSPS) is 13.4. The molecule has 1 fully saturated rings. The Bertz CT molecular complexity index is 2030. The van der Waals surface area contributed by atoms with Crippen LogP contribution < -0.4 is 25.2 Å². The molecule has 250 valence electrons. The Balaban J connectivity index is 1.15. The summed E-state index contributed by atoms with van der Waals surface area (Å²) >= 11 is 12.2. The third-order valence-corrected chi connectivity index (χ3v) is 8.58. The number of halogens is 3. The van der Waals surface area contributed by atoms with Gasteiger partial charge in [0.1, 0.15) is 5.75 Å². The van der Waals surface area contributed by atoms with Gasteiger partial charge in [-0.25, -0.2) is 9.18 Å². The van der Waals surface area contributed by atoms with E-state index in [-0.39, 0.29) is 28.0 Å². The highest BCUT2D eigenvalue weighted by Crippen LogP contribution is 2.38. The highest BCUT2D eigenvalue weighted by atomic mass is 35.5. The first-order valence-corrected chi connectivity index (χ1v) is 16.2. The summed E-state index contributed by atoms with van der Waals surface area (Å²) in [6, 6.07) is 13.7. The minimum atomic E-state index is -0.733. The minimum absolute atomic E-state index is 0.0773. The minimum Gasteiger partial charge on any atom is -0.493 e. The molecular formula is C34H33Cl2FN6O5. The van der Waals surface area contributed by atoms with Crippen molar-refractivity contribution in [2.75, 3.05) is 38.7 Å². The van der Waals surface area contributed by atoms with Crippen LogP contribution in [0, 0.1) is 5.82 Å². The monoisotopic (exact) mass is 694 g/mol. The summed E-state index contributed by atoms with van der Waals surface area (Å²) in [7, 11) is 2.95. The number of anilines is 1. The van der Waals surface area contributed by atoms with Crippen molar-refractivity contribution in [3.63, 3.8) is 0 Å². The lowest BCUT2D eigenvalue weighted by Gasteiger charge is -2.26. The number of amides is 1. The van der Waals surface area contributed by atoms with Crippen LogP contribution in [0.4, 0.5) is 10.1 Å². The van der Waals surface area contributed by atoms with Gasteiger partial charge in [0.25, 0.3) is 5.91 Å². The Morgan fingerprint density at radius 3 is 2.54 bits per heavy atom. The molecule has 0 unspecified atom stereocenters. The predicted molar refractivity (Wildman–Crippen MR) is 182 cm³/mol. The molecular weight excluding hydrogens is 662 g/mol. The topological polar surface area (TPSA) is 113 Å². The zero-order valence-corrected chi connectivity index (χ0v) is 27.9.